The summed E-state index contributed by atoms with van der Waals surface area (Å²) in [6.07, 6.45) is -0.142. The molecule has 0 bridgehead atoms. The van der Waals surface area contributed by atoms with Crippen molar-refractivity contribution in [2.75, 3.05) is 38.6 Å². The molecule has 1 unspecified atom stereocenters. The molecule has 0 aromatic heterocycles. The van der Waals surface area contributed by atoms with Gasteiger partial charge >= 0.3 is 0 Å². The van der Waals surface area contributed by atoms with Crippen molar-refractivity contribution in [3.63, 3.8) is 0 Å². The summed E-state index contributed by atoms with van der Waals surface area (Å²) < 4.78 is 36.0. The van der Waals surface area contributed by atoms with Crippen LogP contribution in [-0.4, -0.2) is 63.5 Å². The second-order valence-corrected chi connectivity index (χ2v) is 6.41. The fourth-order valence-corrected chi connectivity index (χ4v) is 2.92. The molecule has 1 atom stereocenters. The highest BCUT2D eigenvalue weighted by molar-refractivity contribution is 7.89. The van der Waals surface area contributed by atoms with E-state index in [1.807, 2.05) is 13.8 Å². The van der Waals surface area contributed by atoms with Gasteiger partial charge in [0.05, 0.1) is 31.2 Å². The van der Waals surface area contributed by atoms with E-state index in [0.29, 0.717) is 26.2 Å². The van der Waals surface area contributed by atoms with Crippen LogP contribution >= 0.6 is 0 Å². The number of rotatable bonds is 6. The Hall–Kier alpha value is -0.210. The summed E-state index contributed by atoms with van der Waals surface area (Å²) in [7, 11) is -3.25. The van der Waals surface area contributed by atoms with Crippen LogP contribution in [0.5, 0.6) is 0 Å². The van der Waals surface area contributed by atoms with E-state index < -0.39 is 10.0 Å². The highest BCUT2D eigenvalue weighted by atomic mass is 32.2. The smallest absolute Gasteiger partial charge is 0.216 e. The van der Waals surface area contributed by atoms with Crippen molar-refractivity contribution in [2.45, 2.75) is 26.1 Å². The second kappa shape index (κ2) is 6.65. The van der Waals surface area contributed by atoms with E-state index in [-0.39, 0.29) is 24.6 Å². The van der Waals surface area contributed by atoms with E-state index in [1.165, 1.54) is 4.31 Å². The first-order valence-electron chi connectivity index (χ1n) is 5.87. The fourth-order valence-electron chi connectivity index (χ4n) is 1.61. The summed E-state index contributed by atoms with van der Waals surface area (Å²) in [5, 5.41) is 0. The monoisotopic (exact) mass is 266 g/mol. The van der Waals surface area contributed by atoms with Gasteiger partial charge in [-0.1, -0.05) is 0 Å². The molecule has 102 valence electrons. The first-order chi connectivity index (χ1) is 7.95. The number of hydrogen-bond donors (Lipinski definition) is 1. The third kappa shape index (κ3) is 4.89. The van der Waals surface area contributed by atoms with E-state index in [0.717, 1.165) is 0 Å². The lowest BCUT2D eigenvalue weighted by Crippen LogP contribution is -2.49. The molecule has 1 aliphatic heterocycles. The lowest BCUT2D eigenvalue weighted by Gasteiger charge is -2.31. The van der Waals surface area contributed by atoms with Crippen LogP contribution in [0.1, 0.15) is 13.8 Å². The van der Waals surface area contributed by atoms with E-state index in [2.05, 4.69) is 0 Å². The minimum absolute atomic E-state index is 0.0163. The van der Waals surface area contributed by atoms with Crippen LogP contribution in [0.4, 0.5) is 0 Å². The van der Waals surface area contributed by atoms with Crippen molar-refractivity contribution < 1.29 is 17.9 Å². The Kier molecular flexibility index (Phi) is 5.81. The standard InChI is InChI=1S/C10H22N2O4S/c1-9(2)15-5-6-17(13,14)12-3-4-16-10(7-11)8-12/h9-10H,3-8,11H2,1-2H3. The van der Waals surface area contributed by atoms with Crippen LogP contribution < -0.4 is 5.73 Å². The van der Waals surface area contributed by atoms with Crippen LogP contribution in [-0.2, 0) is 19.5 Å². The van der Waals surface area contributed by atoms with E-state index in [1.54, 1.807) is 0 Å². The first kappa shape index (κ1) is 14.8. The molecule has 0 aromatic rings. The summed E-state index contributed by atoms with van der Waals surface area (Å²) in [6.45, 7) is 5.49. The van der Waals surface area contributed by atoms with Gasteiger partial charge in [0.2, 0.25) is 10.0 Å². The first-order valence-corrected chi connectivity index (χ1v) is 7.47. The van der Waals surface area contributed by atoms with Gasteiger partial charge in [0.15, 0.2) is 0 Å². The van der Waals surface area contributed by atoms with Gasteiger partial charge in [0.25, 0.3) is 0 Å². The SMILES string of the molecule is CC(C)OCCS(=O)(=O)N1CCOC(CN)C1. The predicted octanol–water partition coefficient (Wildman–Crippen LogP) is -0.599. The van der Waals surface area contributed by atoms with Gasteiger partial charge in [-0.25, -0.2) is 8.42 Å². The second-order valence-electron chi connectivity index (χ2n) is 4.32. The Morgan fingerprint density at radius 2 is 2.24 bits per heavy atom. The van der Waals surface area contributed by atoms with Gasteiger partial charge in [-0.2, -0.15) is 4.31 Å². The summed E-state index contributed by atoms with van der Waals surface area (Å²) in [5.41, 5.74) is 5.48. The number of ether oxygens (including phenoxy) is 2. The molecule has 0 radical (unpaired) electrons. The Morgan fingerprint density at radius 3 is 2.82 bits per heavy atom. The molecule has 7 heteroatoms. The Balaban J connectivity index is 2.46. The third-order valence-electron chi connectivity index (χ3n) is 2.55. The molecule has 0 aliphatic carbocycles. The lowest BCUT2D eigenvalue weighted by atomic mass is 10.3. The van der Waals surface area contributed by atoms with Crippen molar-refractivity contribution in [3.05, 3.63) is 0 Å². The third-order valence-corrected chi connectivity index (χ3v) is 4.35. The molecule has 0 spiro atoms. The van der Waals surface area contributed by atoms with Crippen LogP contribution in [0.3, 0.4) is 0 Å². The van der Waals surface area contributed by atoms with Gasteiger partial charge in [0, 0.05) is 19.6 Å². The van der Waals surface area contributed by atoms with Crippen LogP contribution in [0.15, 0.2) is 0 Å². The van der Waals surface area contributed by atoms with E-state index in [4.69, 9.17) is 15.2 Å². The summed E-state index contributed by atoms with van der Waals surface area (Å²) in [5.74, 6) is 0.0163. The number of nitrogens with two attached hydrogens (primary N) is 1. The molecule has 0 amide bonds. The van der Waals surface area contributed by atoms with Gasteiger partial charge < -0.3 is 15.2 Å². The highest BCUT2D eigenvalue weighted by Crippen LogP contribution is 2.10. The number of morpholine rings is 1. The van der Waals surface area contributed by atoms with Crippen LogP contribution in [0, 0.1) is 0 Å². The van der Waals surface area contributed by atoms with Crippen molar-refractivity contribution in [3.8, 4) is 0 Å². The normalized spacial score (nSPS) is 23.2. The molecule has 1 fully saturated rings. The van der Waals surface area contributed by atoms with Gasteiger partial charge in [-0.05, 0) is 13.8 Å². The van der Waals surface area contributed by atoms with E-state index in [9.17, 15) is 8.42 Å². The lowest BCUT2D eigenvalue weighted by molar-refractivity contribution is 0.00412. The fraction of sp³-hybridized carbons (Fsp3) is 1.00. The summed E-state index contributed by atoms with van der Waals surface area (Å²) >= 11 is 0. The largest absolute Gasteiger partial charge is 0.378 e. The topological polar surface area (TPSA) is 81.9 Å². The summed E-state index contributed by atoms with van der Waals surface area (Å²) in [4.78, 5) is 0. The summed E-state index contributed by atoms with van der Waals surface area (Å²) in [6, 6.07) is 0. The maximum atomic E-state index is 12.0. The van der Waals surface area contributed by atoms with Crippen molar-refractivity contribution >= 4 is 10.0 Å². The zero-order chi connectivity index (χ0) is 12.9. The Morgan fingerprint density at radius 1 is 1.53 bits per heavy atom. The zero-order valence-electron chi connectivity index (χ0n) is 10.5. The molecule has 2 N–H and O–H groups in total. The molecule has 17 heavy (non-hydrogen) atoms. The minimum atomic E-state index is -3.25. The Bertz CT molecular complexity index is 318. The molecular weight excluding hydrogens is 244 g/mol. The van der Waals surface area contributed by atoms with E-state index >= 15 is 0 Å². The molecule has 6 nitrogen and oxygen atoms in total. The van der Waals surface area contributed by atoms with Crippen LogP contribution in [0.25, 0.3) is 0 Å². The molecule has 1 aliphatic rings. The quantitative estimate of drug-likeness (QED) is 0.694. The van der Waals surface area contributed by atoms with Crippen molar-refractivity contribution in [2.24, 2.45) is 5.73 Å². The zero-order valence-corrected chi connectivity index (χ0v) is 11.3. The van der Waals surface area contributed by atoms with Gasteiger partial charge in [-0.15, -0.1) is 0 Å². The number of hydrogen-bond acceptors (Lipinski definition) is 5. The van der Waals surface area contributed by atoms with Gasteiger partial charge in [0.1, 0.15) is 0 Å². The van der Waals surface area contributed by atoms with Crippen LogP contribution in [0.2, 0.25) is 0 Å². The maximum absolute atomic E-state index is 12.0. The molecule has 1 saturated heterocycles. The maximum Gasteiger partial charge on any atom is 0.216 e. The minimum Gasteiger partial charge on any atom is -0.378 e. The molecule has 1 heterocycles. The average molecular weight is 266 g/mol. The molecule has 0 aromatic carbocycles. The van der Waals surface area contributed by atoms with Crippen molar-refractivity contribution in [1.29, 1.82) is 0 Å². The van der Waals surface area contributed by atoms with Crippen molar-refractivity contribution in [1.82, 2.24) is 4.31 Å². The highest BCUT2D eigenvalue weighted by Gasteiger charge is 2.28. The number of sulfonamides is 1. The molecule has 1 rings (SSSR count). The number of nitrogens with zero attached hydrogens (tertiary/aromatic N) is 1. The average Bonchev–Trinajstić information content (AvgIpc) is 2.28. The molecule has 0 saturated carbocycles. The van der Waals surface area contributed by atoms with Gasteiger partial charge in [-0.3, -0.25) is 0 Å². The predicted molar refractivity (Wildman–Crippen MR) is 65.2 cm³/mol. The molecular formula is C10H22N2O4S. The Labute approximate surface area is 103 Å².